The van der Waals surface area contributed by atoms with Gasteiger partial charge in [-0.2, -0.15) is 5.10 Å². The summed E-state index contributed by atoms with van der Waals surface area (Å²) in [5.41, 5.74) is 3.16. The van der Waals surface area contributed by atoms with Gasteiger partial charge in [0, 0.05) is 12.1 Å². The normalized spacial score (nSPS) is 13.9. The molecule has 24 heavy (non-hydrogen) atoms. The first-order chi connectivity index (χ1) is 11.4. The van der Waals surface area contributed by atoms with E-state index in [1.165, 1.54) is 0 Å². The van der Waals surface area contributed by atoms with Crippen molar-refractivity contribution in [3.05, 3.63) is 46.8 Å². The van der Waals surface area contributed by atoms with Gasteiger partial charge in [0.2, 0.25) is 5.91 Å². The molecule has 0 bridgehead atoms. The third-order valence-corrected chi connectivity index (χ3v) is 4.00. The van der Waals surface area contributed by atoms with Crippen LogP contribution in [0.15, 0.2) is 24.3 Å². The average Bonchev–Trinajstić information content (AvgIpc) is 3.10. The van der Waals surface area contributed by atoms with Crippen LogP contribution in [0.4, 0.5) is 0 Å². The zero-order valence-electron chi connectivity index (χ0n) is 13.6. The fraction of sp³-hybridized carbons (Fsp3) is 0.353. The fourth-order valence-electron chi connectivity index (χ4n) is 2.85. The van der Waals surface area contributed by atoms with Gasteiger partial charge in [0.05, 0.1) is 12.3 Å². The maximum absolute atomic E-state index is 12.2. The Morgan fingerprint density at radius 3 is 2.83 bits per heavy atom. The van der Waals surface area contributed by atoms with Crippen LogP contribution in [0.1, 0.15) is 28.6 Å². The number of fused-ring (bicyclic) bond motifs is 1. The topological polar surface area (TPSA) is 93.5 Å². The lowest BCUT2D eigenvalue weighted by Gasteiger charge is -2.16. The number of nitrogens with zero attached hydrogens (tertiary/aromatic N) is 2. The highest BCUT2D eigenvalue weighted by atomic mass is 16.5. The first-order valence-electron chi connectivity index (χ1n) is 7.73. The molecule has 1 aromatic heterocycles. The van der Waals surface area contributed by atoms with Crippen LogP contribution in [0.5, 0.6) is 5.75 Å². The highest BCUT2D eigenvalue weighted by Crippen LogP contribution is 2.28. The Hall–Kier alpha value is -2.83. The summed E-state index contributed by atoms with van der Waals surface area (Å²) in [7, 11) is 0. The van der Waals surface area contributed by atoms with Crippen molar-refractivity contribution >= 4 is 11.9 Å². The maximum Gasteiger partial charge on any atom is 0.330 e. The Kier molecular flexibility index (Phi) is 4.24. The monoisotopic (exact) mass is 329 g/mol. The van der Waals surface area contributed by atoms with E-state index in [-0.39, 0.29) is 6.54 Å². The molecule has 2 heterocycles. The van der Waals surface area contributed by atoms with Gasteiger partial charge in [-0.05, 0) is 43.2 Å². The van der Waals surface area contributed by atoms with E-state index in [1.807, 2.05) is 19.9 Å². The summed E-state index contributed by atoms with van der Waals surface area (Å²) < 4.78 is 6.98. The summed E-state index contributed by atoms with van der Waals surface area (Å²) in [6.45, 7) is 4.27. The van der Waals surface area contributed by atoms with Gasteiger partial charge in [0.1, 0.15) is 12.3 Å². The average molecular weight is 329 g/mol. The van der Waals surface area contributed by atoms with Crippen molar-refractivity contribution in [2.24, 2.45) is 0 Å². The van der Waals surface area contributed by atoms with E-state index < -0.39 is 17.9 Å². The molecular weight excluding hydrogens is 310 g/mol. The lowest BCUT2D eigenvalue weighted by atomic mass is 10.0. The summed E-state index contributed by atoms with van der Waals surface area (Å²) >= 11 is 0. The molecule has 0 spiro atoms. The van der Waals surface area contributed by atoms with Gasteiger partial charge in [0.25, 0.3) is 0 Å². The fourth-order valence-corrected chi connectivity index (χ4v) is 2.85. The van der Waals surface area contributed by atoms with Gasteiger partial charge in [-0.15, -0.1) is 0 Å². The number of carboxylic acid groups (broad SMARTS) is 1. The van der Waals surface area contributed by atoms with Crippen molar-refractivity contribution in [2.45, 2.75) is 32.9 Å². The Morgan fingerprint density at radius 1 is 1.38 bits per heavy atom. The molecule has 1 atom stereocenters. The summed E-state index contributed by atoms with van der Waals surface area (Å²) in [6.07, 6.45) is 0.745. The molecule has 1 aromatic carbocycles. The molecule has 126 valence electrons. The highest BCUT2D eigenvalue weighted by molar-refractivity contribution is 5.84. The number of carboxylic acids is 1. The number of aryl methyl sites for hydroxylation is 2. The van der Waals surface area contributed by atoms with E-state index in [9.17, 15) is 14.7 Å². The van der Waals surface area contributed by atoms with Gasteiger partial charge < -0.3 is 15.2 Å². The lowest BCUT2D eigenvalue weighted by molar-refractivity contribution is -0.142. The standard InChI is InChI=1S/C17H19N3O4/c1-10-7-11(2)20(19-10)9-15(21)18-16(17(22)23)13-3-4-14-12(8-13)5-6-24-14/h3-4,7-8,16H,5-6,9H2,1-2H3,(H,18,21)(H,22,23). The number of amides is 1. The predicted octanol–water partition coefficient (Wildman–Crippen LogP) is 1.38. The third kappa shape index (κ3) is 3.24. The van der Waals surface area contributed by atoms with Gasteiger partial charge in [-0.25, -0.2) is 4.79 Å². The largest absolute Gasteiger partial charge is 0.493 e. The van der Waals surface area contributed by atoms with E-state index >= 15 is 0 Å². The van der Waals surface area contributed by atoms with Crippen LogP contribution in [0.25, 0.3) is 0 Å². The zero-order chi connectivity index (χ0) is 17.3. The first kappa shape index (κ1) is 16.0. The number of aromatic nitrogens is 2. The molecule has 2 aromatic rings. The van der Waals surface area contributed by atoms with Crippen molar-refractivity contribution in [1.29, 1.82) is 0 Å². The maximum atomic E-state index is 12.2. The van der Waals surface area contributed by atoms with E-state index in [4.69, 9.17) is 4.74 Å². The van der Waals surface area contributed by atoms with Crippen LogP contribution in [0.2, 0.25) is 0 Å². The molecule has 7 heteroatoms. The Balaban J connectivity index is 1.75. The number of rotatable bonds is 5. The van der Waals surface area contributed by atoms with Gasteiger partial charge in [-0.3, -0.25) is 9.48 Å². The van der Waals surface area contributed by atoms with Gasteiger partial charge in [-0.1, -0.05) is 6.07 Å². The molecule has 2 N–H and O–H groups in total. The van der Waals surface area contributed by atoms with Crippen molar-refractivity contribution in [3.8, 4) is 5.75 Å². The number of aliphatic carboxylic acids is 1. The minimum Gasteiger partial charge on any atom is -0.493 e. The van der Waals surface area contributed by atoms with Crippen molar-refractivity contribution < 1.29 is 19.4 Å². The molecule has 1 aliphatic heterocycles. The Morgan fingerprint density at radius 2 is 2.17 bits per heavy atom. The van der Waals surface area contributed by atoms with Gasteiger partial charge in [0.15, 0.2) is 6.04 Å². The van der Waals surface area contributed by atoms with Crippen molar-refractivity contribution in [3.63, 3.8) is 0 Å². The molecule has 1 unspecified atom stereocenters. The molecule has 0 radical (unpaired) electrons. The van der Waals surface area contributed by atoms with Gasteiger partial charge >= 0.3 is 5.97 Å². The van der Waals surface area contributed by atoms with E-state index in [2.05, 4.69) is 10.4 Å². The second kappa shape index (κ2) is 6.35. The minimum atomic E-state index is -1.10. The molecule has 3 rings (SSSR count). The number of ether oxygens (including phenoxy) is 1. The zero-order valence-corrected chi connectivity index (χ0v) is 13.6. The summed E-state index contributed by atoms with van der Waals surface area (Å²) in [5, 5.41) is 16.3. The van der Waals surface area contributed by atoms with Crippen LogP contribution in [0.3, 0.4) is 0 Å². The summed E-state index contributed by atoms with van der Waals surface area (Å²) in [5.74, 6) is -0.724. The smallest absolute Gasteiger partial charge is 0.330 e. The molecular formula is C17H19N3O4. The third-order valence-electron chi connectivity index (χ3n) is 4.00. The molecule has 0 fully saturated rings. The van der Waals surface area contributed by atoms with E-state index in [0.717, 1.165) is 29.1 Å². The van der Waals surface area contributed by atoms with Crippen molar-refractivity contribution in [2.75, 3.05) is 6.61 Å². The number of nitrogens with one attached hydrogen (secondary N) is 1. The first-order valence-corrected chi connectivity index (χ1v) is 7.73. The minimum absolute atomic E-state index is 0.0164. The highest BCUT2D eigenvalue weighted by Gasteiger charge is 2.24. The second-order valence-corrected chi connectivity index (χ2v) is 5.89. The van der Waals surface area contributed by atoms with Crippen LogP contribution in [0, 0.1) is 13.8 Å². The lowest BCUT2D eigenvalue weighted by Crippen LogP contribution is -2.36. The van der Waals surface area contributed by atoms with E-state index in [0.29, 0.717) is 12.2 Å². The molecule has 0 saturated carbocycles. The molecule has 1 aliphatic rings. The molecule has 1 amide bonds. The number of hydrogen-bond donors (Lipinski definition) is 2. The number of carbonyl (C=O) groups is 2. The second-order valence-electron chi connectivity index (χ2n) is 5.89. The number of hydrogen-bond acceptors (Lipinski definition) is 4. The molecule has 0 aliphatic carbocycles. The van der Waals surface area contributed by atoms with Crippen LogP contribution in [-0.4, -0.2) is 33.4 Å². The SMILES string of the molecule is Cc1cc(C)n(CC(=O)NC(C(=O)O)c2ccc3c(c2)CCO3)n1. The Labute approximate surface area is 139 Å². The molecule has 0 saturated heterocycles. The summed E-state index contributed by atoms with van der Waals surface area (Å²) in [4.78, 5) is 23.8. The summed E-state index contributed by atoms with van der Waals surface area (Å²) in [6, 6.07) is 5.97. The van der Waals surface area contributed by atoms with Crippen LogP contribution < -0.4 is 10.1 Å². The quantitative estimate of drug-likeness (QED) is 0.864. The van der Waals surface area contributed by atoms with Crippen LogP contribution >= 0.6 is 0 Å². The van der Waals surface area contributed by atoms with Crippen LogP contribution in [-0.2, 0) is 22.6 Å². The van der Waals surface area contributed by atoms with E-state index in [1.54, 1.807) is 22.9 Å². The number of benzene rings is 1. The predicted molar refractivity (Wildman–Crippen MR) is 85.9 cm³/mol. The van der Waals surface area contributed by atoms with Crippen molar-refractivity contribution in [1.82, 2.24) is 15.1 Å². The Bertz CT molecular complexity index is 797. The molecule has 7 nitrogen and oxygen atoms in total. The number of carbonyl (C=O) groups excluding carboxylic acids is 1.